The largest absolute Gasteiger partial charge is 0.310 e. The topological polar surface area (TPSA) is 3.24 Å². The van der Waals surface area contributed by atoms with Gasteiger partial charge in [-0.15, -0.1) is 11.3 Å². The van der Waals surface area contributed by atoms with Gasteiger partial charge in [-0.05, 0) is 146 Å². The summed E-state index contributed by atoms with van der Waals surface area (Å²) in [6, 6.07) is 47.7. The average molecular weight is 746 g/mol. The third-order valence-corrected chi connectivity index (χ3v) is 13.9. The molecular formula is C55H39NS. The first kappa shape index (κ1) is 32.7. The number of benzene rings is 6. The number of nitrogens with zero attached hydrogens (tertiary/aromatic N) is 1. The van der Waals surface area contributed by atoms with E-state index in [1.54, 1.807) is 0 Å². The van der Waals surface area contributed by atoms with Crippen LogP contribution in [-0.4, -0.2) is 0 Å². The van der Waals surface area contributed by atoms with Crippen LogP contribution in [0.3, 0.4) is 0 Å². The highest BCUT2D eigenvalue weighted by Crippen LogP contribution is 2.51. The standard InChI is InChI=1S/C55H39NS/c1-34-27-37-32-49-39(33-51-45(48(37)28-34)25-26-47-46-18-6-3-7-22-54(46)57-55(47)51)29-38-30-40(23-24-42(38)49)56(52-20-11-10-17-43(52)35-13-4-2-5-14-35)53-21-12-19-44-41-16-9-8-15-36(41)31-50(44)53/h2-17,19-26,28,30,32-33H,18,27,29,31H2,1H3/b37-32?,39-33+,48-45?,49-32+,51-33?. The summed E-state index contributed by atoms with van der Waals surface area (Å²) in [4.78, 5) is 3.93. The Morgan fingerprint density at radius 3 is 2.32 bits per heavy atom. The Labute approximate surface area is 338 Å². The van der Waals surface area contributed by atoms with Crippen molar-refractivity contribution in [3.63, 3.8) is 0 Å². The molecule has 0 fully saturated rings. The number of para-hydroxylation sites is 1. The van der Waals surface area contributed by atoms with E-state index >= 15 is 0 Å². The molecule has 12 rings (SSSR count). The number of thiophene rings is 1. The van der Waals surface area contributed by atoms with E-state index in [-0.39, 0.29) is 0 Å². The second kappa shape index (κ2) is 12.8. The van der Waals surface area contributed by atoms with Gasteiger partial charge < -0.3 is 4.90 Å². The van der Waals surface area contributed by atoms with Crippen LogP contribution in [0, 0.1) is 0 Å². The molecule has 0 saturated carbocycles. The third-order valence-electron chi connectivity index (χ3n) is 12.6. The van der Waals surface area contributed by atoms with Crippen LogP contribution in [0.2, 0.25) is 0 Å². The minimum Gasteiger partial charge on any atom is -0.310 e. The fourth-order valence-electron chi connectivity index (χ4n) is 10.1. The van der Waals surface area contributed by atoms with Crippen LogP contribution in [0.5, 0.6) is 0 Å². The summed E-state index contributed by atoms with van der Waals surface area (Å²) >= 11 is 1.96. The summed E-state index contributed by atoms with van der Waals surface area (Å²) in [6.45, 7) is 2.29. The monoisotopic (exact) mass is 745 g/mol. The lowest BCUT2D eigenvalue weighted by Gasteiger charge is -2.30. The highest BCUT2D eigenvalue weighted by Gasteiger charge is 2.31. The van der Waals surface area contributed by atoms with Crippen molar-refractivity contribution >= 4 is 61.8 Å². The van der Waals surface area contributed by atoms with Gasteiger partial charge in [-0.25, -0.2) is 0 Å². The Kier molecular flexibility index (Phi) is 7.34. The van der Waals surface area contributed by atoms with E-state index in [1.807, 2.05) is 11.3 Å². The van der Waals surface area contributed by atoms with Gasteiger partial charge in [0.25, 0.3) is 0 Å². The quantitative estimate of drug-likeness (QED) is 0.173. The summed E-state index contributed by atoms with van der Waals surface area (Å²) in [5.74, 6) is 0. The van der Waals surface area contributed by atoms with Crippen molar-refractivity contribution in [2.24, 2.45) is 0 Å². The minimum absolute atomic E-state index is 0.903. The Morgan fingerprint density at radius 1 is 0.579 bits per heavy atom. The molecule has 5 aliphatic rings. The molecule has 0 atom stereocenters. The van der Waals surface area contributed by atoms with Crippen molar-refractivity contribution in [2.45, 2.75) is 32.6 Å². The highest BCUT2D eigenvalue weighted by atomic mass is 32.1. The molecule has 7 aromatic rings. The summed E-state index contributed by atoms with van der Waals surface area (Å²) in [5.41, 5.74) is 25.5. The van der Waals surface area contributed by atoms with Crippen LogP contribution >= 0.6 is 11.3 Å². The molecule has 6 aromatic carbocycles. The molecule has 0 amide bonds. The Hall–Kier alpha value is -6.48. The zero-order valence-electron chi connectivity index (χ0n) is 31.8. The van der Waals surface area contributed by atoms with Crippen LogP contribution in [0.1, 0.15) is 57.2 Å². The molecule has 0 unspecified atom stereocenters. The molecular weight excluding hydrogens is 707 g/mol. The molecule has 1 heterocycles. The maximum absolute atomic E-state index is 2.55. The van der Waals surface area contributed by atoms with Crippen molar-refractivity contribution < 1.29 is 0 Å². The first-order valence-corrected chi connectivity index (χ1v) is 21.0. The van der Waals surface area contributed by atoms with Crippen molar-refractivity contribution in [1.29, 1.82) is 0 Å². The van der Waals surface area contributed by atoms with Crippen molar-refractivity contribution in [3.8, 4) is 22.3 Å². The van der Waals surface area contributed by atoms with Crippen LogP contribution in [0.25, 0.3) is 55.6 Å². The van der Waals surface area contributed by atoms with Crippen LogP contribution in [0.15, 0.2) is 174 Å². The van der Waals surface area contributed by atoms with Gasteiger partial charge in [0.1, 0.15) is 0 Å². The van der Waals surface area contributed by atoms with E-state index in [1.165, 1.54) is 121 Å². The predicted molar refractivity (Wildman–Crippen MR) is 243 cm³/mol. The summed E-state index contributed by atoms with van der Waals surface area (Å²) < 4.78 is 1.41. The number of hydrogen-bond acceptors (Lipinski definition) is 2. The van der Waals surface area contributed by atoms with Crippen LogP contribution in [-0.2, 0) is 19.3 Å². The first-order valence-electron chi connectivity index (χ1n) is 20.2. The van der Waals surface area contributed by atoms with E-state index in [0.29, 0.717) is 0 Å². The summed E-state index contributed by atoms with van der Waals surface area (Å²) in [5, 5.41) is 1.40. The Balaban J connectivity index is 1.05. The number of rotatable bonds is 4. The average Bonchev–Trinajstić information content (AvgIpc) is 3.95. The van der Waals surface area contributed by atoms with Gasteiger partial charge in [0.2, 0.25) is 0 Å². The predicted octanol–water partition coefficient (Wildman–Crippen LogP) is 14.9. The molecule has 5 aliphatic carbocycles. The third kappa shape index (κ3) is 5.14. The lowest BCUT2D eigenvalue weighted by molar-refractivity contribution is 1.19. The molecule has 0 saturated heterocycles. The van der Waals surface area contributed by atoms with Gasteiger partial charge in [-0.2, -0.15) is 0 Å². The molecule has 2 heteroatoms. The lowest BCUT2D eigenvalue weighted by Crippen LogP contribution is -2.13. The van der Waals surface area contributed by atoms with E-state index in [4.69, 9.17) is 0 Å². The fraction of sp³-hybridized carbons (Fsp3) is 0.0909. The van der Waals surface area contributed by atoms with Gasteiger partial charge in [-0.1, -0.05) is 133 Å². The second-order valence-corrected chi connectivity index (χ2v) is 17.1. The highest BCUT2D eigenvalue weighted by molar-refractivity contribution is 7.20. The number of hydrogen-bond donors (Lipinski definition) is 0. The second-order valence-electron chi connectivity index (χ2n) is 16.0. The first-order chi connectivity index (χ1) is 28.2. The molecule has 0 spiro atoms. The van der Waals surface area contributed by atoms with Crippen molar-refractivity contribution in [1.82, 2.24) is 0 Å². The molecule has 0 bridgehead atoms. The maximum Gasteiger partial charge on any atom is 0.0540 e. The Morgan fingerprint density at radius 2 is 1.39 bits per heavy atom. The molecule has 0 N–H and O–H groups in total. The zero-order valence-corrected chi connectivity index (χ0v) is 32.7. The molecule has 1 aromatic heterocycles. The smallest absolute Gasteiger partial charge is 0.0540 e. The summed E-state index contributed by atoms with van der Waals surface area (Å²) in [7, 11) is 0. The molecule has 270 valence electrons. The number of allylic oxidation sites excluding steroid dienone is 10. The SMILES string of the molecule is CC1=CC2=C(/C=C3\C(=C\c4c2ccc2c5c(sc42)C=CC=CC5)Cc2cc(N(c4ccccc4-c4ccccc4)c4cccc5c4Cc4ccccc4-5)ccc23)C1. The van der Waals surface area contributed by atoms with Gasteiger partial charge in [0.15, 0.2) is 0 Å². The van der Waals surface area contributed by atoms with Crippen molar-refractivity contribution in [3.05, 3.63) is 218 Å². The molecule has 0 aliphatic heterocycles. The van der Waals surface area contributed by atoms with E-state index in [2.05, 4.69) is 182 Å². The fourth-order valence-corrected chi connectivity index (χ4v) is 11.3. The van der Waals surface area contributed by atoms with E-state index in [0.717, 1.165) is 25.7 Å². The van der Waals surface area contributed by atoms with Crippen molar-refractivity contribution in [2.75, 3.05) is 4.90 Å². The van der Waals surface area contributed by atoms with Gasteiger partial charge in [-0.3, -0.25) is 0 Å². The maximum atomic E-state index is 2.55. The molecule has 0 radical (unpaired) electrons. The summed E-state index contributed by atoms with van der Waals surface area (Å²) in [6.07, 6.45) is 20.3. The van der Waals surface area contributed by atoms with Crippen LogP contribution < -0.4 is 4.90 Å². The molecule has 57 heavy (non-hydrogen) atoms. The van der Waals surface area contributed by atoms with Gasteiger partial charge in [0.05, 0.1) is 11.4 Å². The number of anilines is 3. The van der Waals surface area contributed by atoms with E-state index in [9.17, 15) is 0 Å². The van der Waals surface area contributed by atoms with Gasteiger partial charge >= 0.3 is 0 Å². The molecule has 1 nitrogen and oxygen atoms in total. The minimum atomic E-state index is 0.903. The Bertz CT molecular complexity index is 3070. The normalized spacial score (nSPS) is 17.5. The van der Waals surface area contributed by atoms with Gasteiger partial charge in [0, 0.05) is 32.8 Å². The zero-order chi connectivity index (χ0) is 37.6. The lowest BCUT2D eigenvalue weighted by atomic mass is 9.89. The van der Waals surface area contributed by atoms with E-state index < -0.39 is 0 Å². The number of fused-ring (bicyclic) bond motifs is 12. The van der Waals surface area contributed by atoms with Crippen LogP contribution in [0.4, 0.5) is 17.1 Å².